The van der Waals surface area contributed by atoms with E-state index >= 15 is 0 Å². The number of aliphatic hydroxyl groups is 1. The molecule has 1 amide bonds. The molecule has 0 aliphatic heterocycles. The van der Waals surface area contributed by atoms with E-state index in [0.29, 0.717) is 17.4 Å². The number of nitrogens with zero attached hydrogens (tertiary/aromatic N) is 1. The van der Waals surface area contributed by atoms with Crippen molar-refractivity contribution in [1.82, 2.24) is 5.32 Å². The molecule has 0 saturated carbocycles. The highest BCUT2D eigenvalue weighted by Crippen LogP contribution is 2.38. The van der Waals surface area contributed by atoms with Crippen LogP contribution >= 0.6 is 7.82 Å². The maximum absolute atomic E-state index is 12.8. The standard InChI is InChI=1S/C57H113N2O6P/c1-6-8-10-12-13-14-15-16-17-18-19-20-21-22-23-24-25-26-27-28-29-30-31-32-33-34-35-36-37-38-39-40-41-42-43-44-45-47-49-51-57(61)58-55(56(60)50-48-46-11-9-7-2)54-65-66(62,63)64-53-52-59(3,4)5/h18-19,48,50,55-56,60H,6-17,20-47,49,51-54H2,1-5H3,(H-,58,61,62,63)/b19-18-,50-48+. The van der Waals surface area contributed by atoms with Gasteiger partial charge in [-0.05, 0) is 44.9 Å². The minimum absolute atomic E-state index is 0.000296. The summed E-state index contributed by atoms with van der Waals surface area (Å²) in [5, 5.41) is 13.6. The first-order chi connectivity index (χ1) is 32.0. The number of nitrogens with one attached hydrogen (secondary N) is 1. The summed E-state index contributed by atoms with van der Waals surface area (Å²) < 4.78 is 23.0. The van der Waals surface area contributed by atoms with Crippen LogP contribution in [0.3, 0.4) is 0 Å². The molecule has 66 heavy (non-hydrogen) atoms. The molecule has 0 radical (unpaired) electrons. The van der Waals surface area contributed by atoms with Crippen molar-refractivity contribution in [2.45, 2.75) is 296 Å². The molecular formula is C57H113N2O6P. The lowest BCUT2D eigenvalue weighted by atomic mass is 10.0. The van der Waals surface area contributed by atoms with Crippen LogP contribution < -0.4 is 10.2 Å². The van der Waals surface area contributed by atoms with Crippen molar-refractivity contribution < 1.29 is 32.9 Å². The Balaban J connectivity index is 3.64. The van der Waals surface area contributed by atoms with Crippen LogP contribution in [0, 0.1) is 0 Å². The van der Waals surface area contributed by atoms with E-state index < -0.39 is 20.0 Å². The fourth-order valence-corrected chi connectivity index (χ4v) is 9.34. The summed E-state index contributed by atoms with van der Waals surface area (Å²) in [4.78, 5) is 25.2. The monoisotopic (exact) mass is 953 g/mol. The van der Waals surface area contributed by atoms with Crippen LogP contribution in [0.2, 0.25) is 0 Å². The third-order valence-corrected chi connectivity index (χ3v) is 14.1. The van der Waals surface area contributed by atoms with Crippen molar-refractivity contribution >= 4 is 13.7 Å². The fraction of sp³-hybridized carbons (Fsp3) is 0.912. The van der Waals surface area contributed by atoms with Gasteiger partial charge in [-0.1, -0.05) is 256 Å². The van der Waals surface area contributed by atoms with Gasteiger partial charge in [0.15, 0.2) is 0 Å². The number of unbranched alkanes of at least 4 members (excludes halogenated alkanes) is 38. The van der Waals surface area contributed by atoms with E-state index in [4.69, 9.17) is 9.05 Å². The number of aliphatic hydroxyl groups excluding tert-OH is 1. The number of hydrogen-bond donors (Lipinski definition) is 2. The maximum Gasteiger partial charge on any atom is 0.268 e. The Morgan fingerprint density at radius 1 is 0.515 bits per heavy atom. The highest BCUT2D eigenvalue weighted by atomic mass is 31.2. The largest absolute Gasteiger partial charge is 0.756 e. The zero-order valence-electron chi connectivity index (χ0n) is 44.7. The number of phosphoric acid groups is 1. The Labute approximate surface area is 411 Å². The Morgan fingerprint density at radius 2 is 0.833 bits per heavy atom. The van der Waals surface area contributed by atoms with Crippen molar-refractivity contribution in [3.8, 4) is 0 Å². The average molecular weight is 954 g/mol. The number of allylic oxidation sites excluding steroid dienone is 3. The Bertz CT molecular complexity index is 1130. The number of carbonyl (C=O) groups is 1. The topological polar surface area (TPSA) is 108 Å². The zero-order chi connectivity index (χ0) is 48.5. The van der Waals surface area contributed by atoms with E-state index in [1.807, 2.05) is 27.2 Å². The molecule has 0 aliphatic rings. The number of quaternary nitrogens is 1. The van der Waals surface area contributed by atoms with E-state index in [-0.39, 0.29) is 19.1 Å². The quantitative estimate of drug-likeness (QED) is 0.0272. The number of phosphoric ester groups is 1. The van der Waals surface area contributed by atoms with Gasteiger partial charge in [-0.3, -0.25) is 9.36 Å². The van der Waals surface area contributed by atoms with Gasteiger partial charge in [0, 0.05) is 6.42 Å². The van der Waals surface area contributed by atoms with Gasteiger partial charge in [0.05, 0.1) is 39.9 Å². The first-order valence-electron chi connectivity index (χ1n) is 28.7. The summed E-state index contributed by atoms with van der Waals surface area (Å²) in [5.41, 5.74) is 0. The maximum atomic E-state index is 12.8. The molecule has 392 valence electrons. The molecule has 0 aromatic carbocycles. The van der Waals surface area contributed by atoms with Crippen LogP contribution in [-0.4, -0.2) is 68.5 Å². The van der Waals surface area contributed by atoms with E-state index in [0.717, 1.165) is 44.9 Å². The van der Waals surface area contributed by atoms with Crippen LogP contribution in [0.4, 0.5) is 0 Å². The number of rotatable bonds is 53. The summed E-state index contributed by atoms with van der Waals surface area (Å²) in [6.45, 7) is 4.55. The molecule has 0 heterocycles. The van der Waals surface area contributed by atoms with Gasteiger partial charge in [0.1, 0.15) is 13.2 Å². The van der Waals surface area contributed by atoms with Gasteiger partial charge in [0.2, 0.25) is 5.91 Å². The van der Waals surface area contributed by atoms with Gasteiger partial charge in [-0.25, -0.2) is 0 Å². The van der Waals surface area contributed by atoms with Crippen LogP contribution in [0.15, 0.2) is 24.3 Å². The SMILES string of the molecule is CCCCC/C=C/C(O)C(COP(=O)([O-])OCC[N+](C)(C)C)NC(=O)CCCCCCCCCCCCCCCCCCCCCCCCCCCCC/C=C\CCCCCCCCCC. The summed E-state index contributed by atoms with van der Waals surface area (Å²) in [6, 6.07) is -0.879. The third-order valence-electron chi connectivity index (χ3n) is 13.2. The van der Waals surface area contributed by atoms with Crippen LogP contribution in [0.25, 0.3) is 0 Å². The predicted octanol–water partition coefficient (Wildman–Crippen LogP) is 16.6. The second-order valence-corrected chi connectivity index (χ2v) is 22.4. The molecule has 8 nitrogen and oxygen atoms in total. The molecule has 0 fully saturated rings. The van der Waals surface area contributed by atoms with Gasteiger partial charge >= 0.3 is 0 Å². The van der Waals surface area contributed by atoms with Crippen LogP contribution in [0.5, 0.6) is 0 Å². The Morgan fingerprint density at radius 3 is 1.21 bits per heavy atom. The first kappa shape index (κ1) is 65.0. The Kier molecular flexibility index (Phi) is 48.2. The summed E-state index contributed by atoms with van der Waals surface area (Å²) >= 11 is 0. The van der Waals surface area contributed by atoms with Crippen molar-refractivity contribution in [2.24, 2.45) is 0 Å². The zero-order valence-corrected chi connectivity index (χ0v) is 45.6. The first-order valence-corrected chi connectivity index (χ1v) is 30.2. The van der Waals surface area contributed by atoms with Crippen molar-refractivity contribution in [3.05, 3.63) is 24.3 Å². The highest BCUT2D eigenvalue weighted by molar-refractivity contribution is 7.45. The van der Waals surface area contributed by atoms with E-state index in [9.17, 15) is 19.4 Å². The van der Waals surface area contributed by atoms with Crippen LogP contribution in [-0.2, 0) is 18.4 Å². The van der Waals surface area contributed by atoms with E-state index in [2.05, 4.69) is 31.3 Å². The molecule has 0 bridgehead atoms. The highest BCUT2D eigenvalue weighted by Gasteiger charge is 2.23. The molecule has 9 heteroatoms. The minimum atomic E-state index is -4.57. The molecule has 3 unspecified atom stereocenters. The molecule has 0 aromatic rings. The lowest BCUT2D eigenvalue weighted by Crippen LogP contribution is -2.45. The normalized spacial score (nSPS) is 14.1. The van der Waals surface area contributed by atoms with Gasteiger partial charge < -0.3 is 28.8 Å². The molecule has 3 atom stereocenters. The van der Waals surface area contributed by atoms with Crippen molar-refractivity contribution in [1.29, 1.82) is 0 Å². The van der Waals surface area contributed by atoms with E-state index in [1.165, 1.54) is 218 Å². The molecular weight excluding hydrogens is 840 g/mol. The number of hydrogen-bond acceptors (Lipinski definition) is 6. The molecule has 0 aromatic heterocycles. The summed E-state index contributed by atoms with van der Waals surface area (Å²) in [5.74, 6) is -0.200. The number of amides is 1. The minimum Gasteiger partial charge on any atom is -0.756 e. The lowest BCUT2D eigenvalue weighted by Gasteiger charge is -2.29. The molecule has 2 N–H and O–H groups in total. The molecule has 0 saturated heterocycles. The molecule has 0 spiro atoms. The second-order valence-electron chi connectivity index (χ2n) is 21.0. The van der Waals surface area contributed by atoms with Crippen molar-refractivity contribution in [2.75, 3.05) is 40.9 Å². The van der Waals surface area contributed by atoms with Gasteiger partial charge in [-0.15, -0.1) is 0 Å². The molecule has 0 aliphatic carbocycles. The second kappa shape index (κ2) is 49.0. The van der Waals surface area contributed by atoms with Crippen molar-refractivity contribution in [3.63, 3.8) is 0 Å². The third kappa shape index (κ3) is 50.8. The van der Waals surface area contributed by atoms with Gasteiger partial charge in [-0.2, -0.15) is 0 Å². The Hall–Kier alpha value is -1.02. The van der Waals surface area contributed by atoms with Gasteiger partial charge in [0.25, 0.3) is 7.82 Å². The summed E-state index contributed by atoms with van der Waals surface area (Å²) in [7, 11) is 1.27. The number of likely N-dealkylation sites (N-methyl/N-ethyl adjacent to an activating group) is 1. The smallest absolute Gasteiger partial charge is 0.268 e. The van der Waals surface area contributed by atoms with E-state index in [1.54, 1.807) is 6.08 Å². The predicted molar refractivity (Wildman–Crippen MR) is 284 cm³/mol. The summed E-state index contributed by atoms with van der Waals surface area (Å²) in [6.07, 6.45) is 62.1. The lowest BCUT2D eigenvalue weighted by molar-refractivity contribution is -0.870. The fourth-order valence-electron chi connectivity index (χ4n) is 8.62. The average Bonchev–Trinajstić information content (AvgIpc) is 3.27. The molecule has 0 rings (SSSR count). The van der Waals surface area contributed by atoms with Crippen LogP contribution in [0.1, 0.15) is 284 Å². The number of carbonyl (C=O) groups excluding carboxylic acids is 1.